The van der Waals surface area contributed by atoms with Crippen molar-refractivity contribution < 1.29 is 4.92 Å². The molecule has 0 radical (unpaired) electrons. The van der Waals surface area contributed by atoms with Gasteiger partial charge in [0.25, 0.3) is 5.69 Å². The first kappa shape index (κ1) is 14.1. The number of halogens is 1. The molecular formula is C11H8ClN5O2S. The molecule has 2 N–H and O–H groups in total. The summed E-state index contributed by atoms with van der Waals surface area (Å²) in [5.41, 5.74) is 0.623. The molecule has 0 saturated carbocycles. The van der Waals surface area contributed by atoms with Gasteiger partial charge in [-0.3, -0.25) is 15.1 Å². The van der Waals surface area contributed by atoms with E-state index in [1.54, 1.807) is 12.1 Å². The van der Waals surface area contributed by atoms with E-state index in [0.29, 0.717) is 11.5 Å². The molecule has 9 heteroatoms. The third kappa shape index (κ3) is 3.84. The van der Waals surface area contributed by atoms with Gasteiger partial charge in [0, 0.05) is 17.8 Å². The Morgan fingerprint density at radius 3 is 2.55 bits per heavy atom. The molecule has 0 spiro atoms. The largest absolute Gasteiger partial charge is 0.332 e. The van der Waals surface area contributed by atoms with Gasteiger partial charge in [-0.25, -0.2) is 4.98 Å². The van der Waals surface area contributed by atoms with Crippen molar-refractivity contribution in [1.29, 1.82) is 0 Å². The second-order valence-electron chi connectivity index (χ2n) is 3.61. The molecule has 0 atom stereocenters. The fourth-order valence-corrected chi connectivity index (χ4v) is 1.72. The number of nitrogens with zero attached hydrogens (tertiary/aromatic N) is 3. The number of aromatic nitrogens is 2. The molecular weight excluding hydrogens is 302 g/mol. The summed E-state index contributed by atoms with van der Waals surface area (Å²) in [7, 11) is 0. The third-order valence-electron chi connectivity index (χ3n) is 2.18. The van der Waals surface area contributed by atoms with Crippen LogP contribution in [-0.4, -0.2) is 20.0 Å². The first-order valence-electron chi connectivity index (χ1n) is 5.34. The van der Waals surface area contributed by atoms with Gasteiger partial charge in [-0.2, -0.15) is 0 Å². The number of benzene rings is 1. The average Bonchev–Trinajstić information content (AvgIpc) is 2.39. The van der Waals surface area contributed by atoms with E-state index < -0.39 is 4.92 Å². The number of hydrogen-bond donors (Lipinski definition) is 2. The molecule has 0 saturated heterocycles. The van der Waals surface area contributed by atoms with Gasteiger partial charge in [0.1, 0.15) is 5.15 Å². The Morgan fingerprint density at radius 1 is 1.25 bits per heavy atom. The maximum absolute atomic E-state index is 10.5. The zero-order valence-corrected chi connectivity index (χ0v) is 11.5. The second-order valence-corrected chi connectivity index (χ2v) is 4.41. The number of nitro groups is 1. The Kier molecular flexibility index (Phi) is 4.38. The number of thiocarbonyl (C=S) groups is 1. The first-order chi connectivity index (χ1) is 9.54. The lowest BCUT2D eigenvalue weighted by Gasteiger charge is -2.09. The summed E-state index contributed by atoms with van der Waals surface area (Å²) in [5, 5.41) is 16.7. The van der Waals surface area contributed by atoms with Crippen molar-refractivity contribution in [2.75, 3.05) is 10.6 Å². The van der Waals surface area contributed by atoms with Crippen molar-refractivity contribution >= 4 is 46.1 Å². The Morgan fingerprint density at radius 2 is 1.95 bits per heavy atom. The fourth-order valence-electron chi connectivity index (χ4n) is 1.35. The molecule has 102 valence electrons. The molecule has 0 bridgehead atoms. The average molecular weight is 310 g/mol. The predicted molar refractivity (Wildman–Crippen MR) is 80.0 cm³/mol. The summed E-state index contributed by atoms with van der Waals surface area (Å²) >= 11 is 10.8. The van der Waals surface area contributed by atoms with E-state index in [1.165, 1.54) is 24.5 Å². The van der Waals surface area contributed by atoms with Crippen molar-refractivity contribution in [3.8, 4) is 0 Å². The van der Waals surface area contributed by atoms with Crippen LogP contribution in [0.25, 0.3) is 0 Å². The molecule has 2 aromatic rings. The quantitative estimate of drug-likeness (QED) is 0.511. The Hall–Kier alpha value is -2.32. The van der Waals surface area contributed by atoms with Crippen molar-refractivity contribution in [1.82, 2.24) is 9.97 Å². The lowest BCUT2D eigenvalue weighted by atomic mass is 10.3. The van der Waals surface area contributed by atoms with Crippen LogP contribution in [0.1, 0.15) is 0 Å². The minimum Gasteiger partial charge on any atom is -0.332 e. The lowest BCUT2D eigenvalue weighted by molar-refractivity contribution is -0.384. The molecule has 2 rings (SSSR count). The van der Waals surface area contributed by atoms with Crippen molar-refractivity contribution in [2.45, 2.75) is 0 Å². The van der Waals surface area contributed by atoms with Crippen molar-refractivity contribution in [3.05, 3.63) is 51.9 Å². The summed E-state index contributed by atoms with van der Waals surface area (Å²) in [6, 6.07) is 5.86. The van der Waals surface area contributed by atoms with Crippen molar-refractivity contribution in [2.24, 2.45) is 0 Å². The fraction of sp³-hybridized carbons (Fsp3) is 0. The highest BCUT2D eigenvalue weighted by Crippen LogP contribution is 2.15. The van der Waals surface area contributed by atoms with E-state index in [0.717, 1.165) is 0 Å². The first-order valence-corrected chi connectivity index (χ1v) is 6.13. The number of nitro benzene ring substituents is 1. The molecule has 7 nitrogen and oxygen atoms in total. The minimum absolute atomic E-state index is 0.00938. The molecule has 20 heavy (non-hydrogen) atoms. The van der Waals surface area contributed by atoms with Gasteiger partial charge in [0.2, 0.25) is 0 Å². The zero-order chi connectivity index (χ0) is 14.5. The highest BCUT2D eigenvalue weighted by molar-refractivity contribution is 7.80. The van der Waals surface area contributed by atoms with Crippen LogP contribution in [0.3, 0.4) is 0 Å². The topological polar surface area (TPSA) is 93.0 Å². The van der Waals surface area contributed by atoms with Gasteiger partial charge >= 0.3 is 0 Å². The Bertz CT molecular complexity index is 650. The van der Waals surface area contributed by atoms with E-state index in [4.69, 9.17) is 23.8 Å². The predicted octanol–water partition coefficient (Wildman–Crippen LogP) is 2.85. The minimum atomic E-state index is -0.470. The molecule has 0 aliphatic rings. The Balaban J connectivity index is 1.99. The van der Waals surface area contributed by atoms with E-state index in [-0.39, 0.29) is 16.0 Å². The number of non-ortho nitro benzene ring substituents is 1. The molecule has 0 aliphatic carbocycles. The smallest absolute Gasteiger partial charge is 0.269 e. The highest BCUT2D eigenvalue weighted by Gasteiger charge is 2.05. The maximum atomic E-state index is 10.5. The van der Waals surface area contributed by atoms with E-state index in [2.05, 4.69) is 20.6 Å². The van der Waals surface area contributed by atoms with E-state index >= 15 is 0 Å². The van der Waals surface area contributed by atoms with Gasteiger partial charge in [-0.1, -0.05) is 11.6 Å². The Labute approximate surface area is 124 Å². The highest BCUT2D eigenvalue weighted by atomic mass is 35.5. The molecule has 0 fully saturated rings. The molecule has 1 aromatic carbocycles. The van der Waals surface area contributed by atoms with Crippen LogP contribution in [0.15, 0.2) is 36.7 Å². The molecule has 0 unspecified atom stereocenters. The van der Waals surface area contributed by atoms with Gasteiger partial charge in [0.15, 0.2) is 10.9 Å². The molecule has 0 amide bonds. The van der Waals surface area contributed by atoms with Gasteiger partial charge in [0.05, 0.1) is 17.3 Å². The SMILES string of the molecule is O=[N+]([O-])c1ccc(NC(=S)Nc2cncc(Cl)n2)cc1. The van der Waals surface area contributed by atoms with Gasteiger partial charge in [-0.15, -0.1) is 0 Å². The maximum Gasteiger partial charge on any atom is 0.269 e. The number of rotatable bonds is 3. The van der Waals surface area contributed by atoms with Crippen LogP contribution in [0.4, 0.5) is 17.2 Å². The monoisotopic (exact) mass is 309 g/mol. The van der Waals surface area contributed by atoms with Crippen LogP contribution in [0.5, 0.6) is 0 Å². The van der Waals surface area contributed by atoms with Crippen molar-refractivity contribution in [3.63, 3.8) is 0 Å². The third-order valence-corrected chi connectivity index (χ3v) is 2.57. The summed E-state index contributed by atoms with van der Waals surface area (Å²) in [4.78, 5) is 17.9. The second kappa shape index (κ2) is 6.22. The summed E-state index contributed by atoms with van der Waals surface area (Å²) < 4.78 is 0. The van der Waals surface area contributed by atoms with Crippen LogP contribution < -0.4 is 10.6 Å². The van der Waals surface area contributed by atoms with E-state index in [9.17, 15) is 10.1 Å². The number of nitrogens with one attached hydrogen (secondary N) is 2. The molecule has 1 heterocycles. The van der Waals surface area contributed by atoms with Crippen LogP contribution in [-0.2, 0) is 0 Å². The lowest BCUT2D eigenvalue weighted by Crippen LogP contribution is -2.19. The molecule has 0 aliphatic heterocycles. The van der Waals surface area contributed by atoms with Crippen LogP contribution in [0, 0.1) is 10.1 Å². The number of hydrogen-bond acceptors (Lipinski definition) is 5. The summed E-state index contributed by atoms with van der Waals surface area (Å²) in [6.07, 6.45) is 2.87. The summed E-state index contributed by atoms with van der Waals surface area (Å²) in [5.74, 6) is 0.400. The van der Waals surface area contributed by atoms with Crippen LogP contribution >= 0.6 is 23.8 Å². The summed E-state index contributed by atoms with van der Waals surface area (Å²) in [6.45, 7) is 0. The standard InChI is InChI=1S/C11H8ClN5O2S/c12-9-5-13-6-10(15-9)16-11(20)14-7-1-3-8(4-2-7)17(18)19/h1-6H,(H2,14,15,16,20). The van der Waals surface area contributed by atoms with Gasteiger partial charge < -0.3 is 10.6 Å². The number of anilines is 2. The molecule has 1 aromatic heterocycles. The van der Waals surface area contributed by atoms with Gasteiger partial charge in [-0.05, 0) is 24.4 Å². The normalized spacial score (nSPS) is 9.85. The van der Waals surface area contributed by atoms with E-state index in [1.807, 2.05) is 0 Å². The zero-order valence-electron chi connectivity index (χ0n) is 9.91. The van der Waals surface area contributed by atoms with Crippen LogP contribution in [0.2, 0.25) is 5.15 Å².